The Bertz CT molecular complexity index is 860. The van der Waals surface area contributed by atoms with E-state index in [1.807, 2.05) is 45.0 Å². The van der Waals surface area contributed by atoms with Gasteiger partial charge in [0.1, 0.15) is 23.8 Å². The van der Waals surface area contributed by atoms with Crippen LogP contribution in [0.4, 0.5) is 10.1 Å². The van der Waals surface area contributed by atoms with Gasteiger partial charge in [0.05, 0.1) is 17.4 Å². The van der Waals surface area contributed by atoms with Crippen LogP contribution in [0.5, 0.6) is 5.75 Å². The summed E-state index contributed by atoms with van der Waals surface area (Å²) in [6, 6.07) is 12.4. The number of unbranched alkanes of at least 4 members (excludes halogenated alkanes) is 1. The van der Waals surface area contributed by atoms with Crippen LogP contribution in [0.2, 0.25) is 0 Å². The number of ether oxygens (including phenoxy) is 1. The molecule has 3 nitrogen and oxygen atoms in total. The molecule has 0 N–H and O–H groups in total. The summed E-state index contributed by atoms with van der Waals surface area (Å²) in [7, 11) is 0. The van der Waals surface area contributed by atoms with Crippen LogP contribution in [-0.4, -0.2) is 23.9 Å². The van der Waals surface area contributed by atoms with Gasteiger partial charge in [0, 0.05) is 11.4 Å². The van der Waals surface area contributed by atoms with Gasteiger partial charge >= 0.3 is 5.91 Å². The van der Waals surface area contributed by atoms with E-state index in [2.05, 4.69) is 15.9 Å². The van der Waals surface area contributed by atoms with E-state index in [1.54, 1.807) is 6.07 Å². The molecule has 0 fully saturated rings. The highest BCUT2D eigenvalue weighted by Gasteiger charge is 2.53. The summed E-state index contributed by atoms with van der Waals surface area (Å²) in [6.07, 6.45) is 1.89. The second-order valence-corrected chi connectivity index (χ2v) is 9.29. The maximum Gasteiger partial charge on any atom is 0.338 e. The minimum atomic E-state index is -0.360. The fourth-order valence-electron chi connectivity index (χ4n) is 3.60. The molecule has 2 unspecified atom stereocenters. The number of carbonyl (C=O) groups excluding carboxylic acids is 1. The zero-order valence-electron chi connectivity index (χ0n) is 16.5. The van der Waals surface area contributed by atoms with Crippen LogP contribution in [-0.2, 0) is 4.79 Å². The summed E-state index contributed by atoms with van der Waals surface area (Å²) in [5, 5.41) is 0.918. The molecule has 0 aromatic heterocycles. The number of quaternary nitrogens is 1. The van der Waals surface area contributed by atoms with Crippen LogP contribution < -0.4 is 8.63 Å². The van der Waals surface area contributed by atoms with Crippen molar-refractivity contribution in [2.24, 2.45) is 0 Å². The molecule has 0 spiro atoms. The number of hydrogen-bond donors (Lipinski definition) is 0. The first-order valence-corrected chi connectivity index (χ1v) is 11.5. The standard InChI is InChI=1S/C22H26BrFNO2S/c1-15(2)25(22(26)16(3)18-8-4-5-9-21(18)28-25)19-14-17(24)10-11-20(19)27-13-7-6-12-23/h4-5,8-11,14-16H,6-7,12-13H2,1-3H3/q+1. The van der Waals surface area contributed by atoms with Crippen LogP contribution in [0.15, 0.2) is 47.4 Å². The van der Waals surface area contributed by atoms with Crippen molar-refractivity contribution < 1.29 is 13.9 Å². The molecule has 2 aromatic carbocycles. The molecule has 3 rings (SSSR count). The first kappa shape index (κ1) is 21.3. The quantitative estimate of drug-likeness (QED) is 0.203. The molecule has 6 heteroatoms. The number of alkyl halides is 1. The van der Waals surface area contributed by atoms with E-state index in [0.29, 0.717) is 18.0 Å². The third-order valence-corrected chi connectivity index (χ3v) is 7.33. The highest BCUT2D eigenvalue weighted by atomic mass is 79.9. The van der Waals surface area contributed by atoms with Crippen LogP contribution in [0.3, 0.4) is 0 Å². The average molecular weight is 467 g/mol. The lowest BCUT2D eigenvalue weighted by Crippen LogP contribution is -2.56. The van der Waals surface area contributed by atoms with Gasteiger partial charge in [-0.25, -0.2) is 9.18 Å². The minimum absolute atomic E-state index is 0.0102. The van der Waals surface area contributed by atoms with Crippen molar-refractivity contribution in [3.8, 4) is 5.75 Å². The molecule has 0 aliphatic carbocycles. The number of rotatable bonds is 7. The Kier molecular flexibility index (Phi) is 6.84. The number of hydrogen-bond acceptors (Lipinski definition) is 3. The van der Waals surface area contributed by atoms with Gasteiger partial charge in [0.2, 0.25) is 0 Å². The van der Waals surface area contributed by atoms with Crippen LogP contribution in [0, 0.1) is 5.82 Å². The first-order chi connectivity index (χ1) is 13.4. The van der Waals surface area contributed by atoms with Gasteiger partial charge in [-0.2, -0.15) is 3.89 Å². The van der Waals surface area contributed by atoms with E-state index >= 15 is 0 Å². The van der Waals surface area contributed by atoms with Crippen LogP contribution in [0.1, 0.15) is 45.1 Å². The molecule has 2 atom stereocenters. The fourth-order valence-corrected chi connectivity index (χ4v) is 5.50. The normalized spacial score (nSPS) is 21.6. The van der Waals surface area contributed by atoms with E-state index in [1.165, 1.54) is 24.1 Å². The molecule has 0 saturated carbocycles. The smallest absolute Gasteiger partial charge is 0.338 e. The summed E-state index contributed by atoms with van der Waals surface area (Å²) < 4.78 is 20.3. The highest BCUT2D eigenvalue weighted by Crippen LogP contribution is 2.52. The summed E-state index contributed by atoms with van der Waals surface area (Å²) >= 11 is 4.90. The van der Waals surface area contributed by atoms with Crippen molar-refractivity contribution in [1.29, 1.82) is 0 Å². The molecule has 1 aliphatic rings. The Hall–Kier alpha value is -1.37. The van der Waals surface area contributed by atoms with E-state index in [4.69, 9.17) is 4.74 Å². The van der Waals surface area contributed by atoms with Gasteiger partial charge in [-0.05, 0) is 57.4 Å². The van der Waals surface area contributed by atoms with E-state index in [-0.39, 0.29) is 27.6 Å². The van der Waals surface area contributed by atoms with Crippen LogP contribution in [0.25, 0.3) is 0 Å². The van der Waals surface area contributed by atoms with Crippen molar-refractivity contribution in [1.82, 2.24) is 3.89 Å². The monoisotopic (exact) mass is 466 g/mol. The van der Waals surface area contributed by atoms with Gasteiger partial charge < -0.3 is 4.74 Å². The fraction of sp³-hybridized carbons (Fsp3) is 0.409. The molecule has 0 saturated heterocycles. The molecule has 1 amide bonds. The number of benzene rings is 2. The summed E-state index contributed by atoms with van der Waals surface area (Å²) in [5.74, 6) is -0.00283. The van der Waals surface area contributed by atoms with E-state index in [0.717, 1.165) is 28.6 Å². The molecule has 0 radical (unpaired) electrons. The first-order valence-electron chi connectivity index (χ1n) is 9.62. The highest BCUT2D eigenvalue weighted by molar-refractivity contribution is 9.09. The Morgan fingerprint density at radius 2 is 1.96 bits per heavy atom. The molecular weight excluding hydrogens is 441 g/mol. The predicted molar refractivity (Wildman–Crippen MR) is 118 cm³/mol. The number of fused-ring (bicyclic) bond motifs is 1. The lowest BCUT2D eigenvalue weighted by Gasteiger charge is -2.42. The number of carbonyl (C=O) groups is 1. The molecule has 28 heavy (non-hydrogen) atoms. The van der Waals surface area contributed by atoms with Crippen molar-refractivity contribution >= 4 is 39.5 Å². The predicted octanol–water partition coefficient (Wildman–Crippen LogP) is 6.45. The maximum absolute atomic E-state index is 14.3. The van der Waals surface area contributed by atoms with Crippen LogP contribution >= 0.6 is 27.9 Å². The second kappa shape index (κ2) is 8.97. The Balaban J connectivity index is 2.10. The molecular formula is C22H26BrFNO2S+. The third-order valence-electron chi connectivity index (χ3n) is 5.12. The van der Waals surface area contributed by atoms with Gasteiger partial charge in [-0.3, -0.25) is 0 Å². The van der Waals surface area contributed by atoms with Crippen molar-refractivity contribution in [2.45, 2.75) is 50.5 Å². The minimum Gasteiger partial charge on any atom is -0.487 e. The summed E-state index contributed by atoms with van der Waals surface area (Å²) in [5.41, 5.74) is 1.62. The molecule has 0 bridgehead atoms. The number of halogens is 2. The van der Waals surface area contributed by atoms with Crippen molar-refractivity contribution in [2.75, 3.05) is 11.9 Å². The maximum atomic E-state index is 14.3. The van der Waals surface area contributed by atoms with Crippen molar-refractivity contribution in [3.05, 3.63) is 53.8 Å². The second-order valence-electron chi connectivity index (χ2n) is 7.30. The molecule has 1 aliphatic heterocycles. The molecule has 150 valence electrons. The van der Waals surface area contributed by atoms with Gasteiger partial charge in [-0.15, -0.1) is 0 Å². The average Bonchev–Trinajstić information content (AvgIpc) is 2.69. The topological polar surface area (TPSA) is 26.3 Å². The zero-order chi connectivity index (χ0) is 20.3. The van der Waals surface area contributed by atoms with Crippen molar-refractivity contribution in [3.63, 3.8) is 0 Å². The Labute approximate surface area is 179 Å². The number of nitrogens with zero attached hydrogens (tertiary/aromatic N) is 1. The van der Waals surface area contributed by atoms with Gasteiger partial charge in [0.25, 0.3) is 0 Å². The third kappa shape index (κ3) is 3.87. The summed E-state index contributed by atoms with van der Waals surface area (Å²) in [6.45, 7) is 6.48. The Morgan fingerprint density at radius 3 is 2.68 bits per heavy atom. The largest absolute Gasteiger partial charge is 0.487 e. The summed E-state index contributed by atoms with van der Waals surface area (Å²) in [4.78, 5) is 14.7. The van der Waals surface area contributed by atoms with Gasteiger partial charge in [0.15, 0.2) is 11.4 Å². The SMILES string of the molecule is CC1C(=O)[N+](c2cc(F)ccc2OCCCCBr)(C(C)C)Sc2ccccc21. The Morgan fingerprint density at radius 1 is 1.21 bits per heavy atom. The van der Waals surface area contributed by atoms with E-state index < -0.39 is 0 Å². The lowest BCUT2D eigenvalue weighted by molar-refractivity contribution is -0.128. The van der Waals surface area contributed by atoms with E-state index in [9.17, 15) is 9.18 Å². The zero-order valence-corrected chi connectivity index (χ0v) is 18.9. The lowest BCUT2D eigenvalue weighted by atomic mass is 9.98. The molecule has 1 heterocycles. The number of amides is 1. The van der Waals surface area contributed by atoms with Gasteiger partial charge in [-0.1, -0.05) is 34.1 Å². The molecule has 2 aromatic rings.